The van der Waals surface area contributed by atoms with Crippen LogP contribution in [0.1, 0.15) is 0 Å². The van der Waals surface area contributed by atoms with Gasteiger partial charge in [-0.25, -0.2) is 0 Å². The Hall–Kier alpha value is -1.14. The van der Waals surface area contributed by atoms with E-state index in [1.807, 2.05) is 0 Å². The number of fused-ring (bicyclic) bond motifs is 1. The number of nitrogens with zero attached hydrogens (tertiary/aromatic N) is 1. The van der Waals surface area contributed by atoms with E-state index in [-0.39, 0.29) is 24.1 Å². The molecule has 1 N–H and O–H groups in total. The van der Waals surface area contributed by atoms with Crippen molar-refractivity contribution in [2.24, 2.45) is 0 Å². The van der Waals surface area contributed by atoms with E-state index in [0.29, 0.717) is 10.5 Å². The normalized spacial score (nSPS) is 11.8. The molecule has 0 unspecified atom stereocenters. The van der Waals surface area contributed by atoms with Gasteiger partial charge < -0.3 is 5.32 Å². The van der Waals surface area contributed by atoms with Gasteiger partial charge in [-0.05, 0) is 36.0 Å². The number of benzene rings is 1. The summed E-state index contributed by atoms with van der Waals surface area (Å²) in [5.41, 5.74) is -2.72. The van der Waals surface area contributed by atoms with Gasteiger partial charge in [0.05, 0.1) is 5.52 Å². The van der Waals surface area contributed by atoms with Crippen molar-refractivity contribution in [1.29, 1.82) is 0 Å². The van der Waals surface area contributed by atoms with Crippen molar-refractivity contribution in [3.63, 3.8) is 0 Å². The van der Waals surface area contributed by atoms with Gasteiger partial charge in [-0.15, -0.1) is 0 Å². The molecular formula is C12H10ClF3N2S. The number of hydrogen-bond acceptors (Lipinski definition) is 3. The van der Waals surface area contributed by atoms with Gasteiger partial charge in [-0.3, -0.25) is 4.98 Å². The van der Waals surface area contributed by atoms with E-state index in [9.17, 15) is 13.2 Å². The van der Waals surface area contributed by atoms with Crippen molar-refractivity contribution in [1.82, 2.24) is 4.98 Å². The molecule has 0 radical (unpaired) electrons. The van der Waals surface area contributed by atoms with Gasteiger partial charge in [0.25, 0.3) is 0 Å². The van der Waals surface area contributed by atoms with Crippen LogP contribution in [0.25, 0.3) is 10.9 Å². The molecule has 102 valence electrons. The summed E-state index contributed by atoms with van der Waals surface area (Å²) in [5.74, 6) is -0.0408. The van der Waals surface area contributed by atoms with Crippen molar-refractivity contribution in [3.8, 4) is 0 Å². The lowest BCUT2D eigenvalue weighted by Gasteiger charge is -2.10. The van der Waals surface area contributed by atoms with Gasteiger partial charge in [0.15, 0.2) is 0 Å². The Morgan fingerprint density at radius 2 is 2.05 bits per heavy atom. The number of rotatable bonds is 4. The third-order valence-electron chi connectivity index (χ3n) is 2.39. The molecule has 2 aromatic rings. The van der Waals surface area contributed by atoms with Crippen LogP contribution in [-0.4, -0.2) is 22.8 Å². The Balaban J connectivity index is 2.05. The van der Waals surface area contributed by atoms with Crippen LogP contribution in [0.4, 0.5) is 18.9 Å². The lowest BCUT2D eigenvalue weighted by molar-refractivity contribution is -0.0327. The van der Waals surface area contributed by atoms with Crippen LogP contribution >= 0.6 is 23.4 Å². The highest BCUT2D eigenvalue weighted by Gasteiger charge is 2.27. The van der Waals surface area contributed by atoms with Crippen LogP contribution in [-0.2, 0) is 0 Å². The molecule has 1 aromatic heterocycles. The Bertz CT molecular complexity index is 574. The summed E-state index contributed by atoms with van der Waals surface area (Å²) in [4.78, 5) is 4.16. The predicted octanol–water partition coefficient (Wildman–Crippen LogP) is 4.55. The molecule has 7 heteroatoms. The Morgan fingerprint density at radius 3 is 2.79 bits per heavy atom. The van der Waals surface area contributed by atoms with Gasteiger partial charge in [0, 0.05) is 34.6 Å². The number of hydrogen-bond donors (Lipinski definition) is 1. The van der Waals surface area contributed by atoms with Crippen LogP contribution in [0.3, 0.4) is 0 Å². The van der Waals surface area contributed by atoms with Crippen LogP contribution < -0.4 is 5.32 Å². The lowest BCUT2D eigenvalue weighted by Crippen LogP contribution is -2.09. The molecule has 19 heavy (non-hydrogen) atoms. The SMILES string of the molecule is FC(F)(F)SCCNc1ccnc2cc(Cl)ccc12. The highest BCUT2D eigenvalue weighted by Crippen LogP contribution is 2.30. The van der Waals surface area contributed by atoms with E-state index < -0.39 is 5.51 Å². The van der Waals surface area contributed by atoms with Gasteiger partial charge in [-0.2, -0.15) is 13.2 Å². The second-order valence-corrected chi connectivity index (χ2v) is 5.34. The minimum atomic E-state index is -4.19. The molecule has 0 spiro atoms. The van der Waals surface area contributed by atoms with Crippen molar-refractivity contribution < 1.29 is 13.2 Å². The summed E-state index contributed by atoms with van der Waals surface area (Å²) in [6, 6.07) is 6.96. The predicted molar refractivity (Wildman–Crippen MR) is 73.8 cm³/mol. The fraction of sp³-hybridized carbons (Fsp3) is 0.250. The number of aromatic nitrogens is 1. The first kappa shape index (κ1) is 14.3. The fourth-order valence-corrected chi connectivity index (χ4v) is 2.23. The fourth-order valence-electron chi connectivity index (χ4n) is 1.63. The molecule has 0 aliphatic heterocycles. The standard InChI is InChI=1S/C12H10ClF3N2S/c13-8-1-2-9-10(3-4-17-11(9)7-8)18-5-6-19-12(14,15)16/h1-4,7H,5-6H2,(H,17,18). The molecule has 0 amide bonds. The molecular weight excluding hydrogens is 297 g/mol. The first-order valence-electron chi connectivity index (χ1n) is 5.44. The minimum Gasteiger partial charge on any atom is -0.384 e. The molecule has 0 aliphatic rings. The molecule has 0 saturated carbocycles. The van der Waals surface area contributed by atoms with E-state index in [1.54, 1.807) is 30.5 Å². The van der Waals surface area contributed by atoms with Crippen molar-refractivity contribution in [2.75, 3.05) is 17.6 Å². The molecule has 2 nitrogen and oxygen atoms in total. The molecule has 0 saturated heterocycles. The van der Waals surface area contributed by atoms with Crippen LogP contribution in [0, 0.1) is 0 Å². The second-order valence-electron chi connectivity index (χ2n) is 3.74. The molecule has 0 fully saturated rings. The summed E-state index contributed by atoms with van der Waals surface area (Å²) in [5, 5.41) is 4.39. The van der Waals surface area contributed by atoms with E-state index in [0.717, 1.165) is 11.1 Å². The lowest BCUT2D eigenvalue weighted by atomic mass is 10.2. The third kappa shape index (κ3) is 4.18. The monoisotopic (exact) mass is 306 g/mol. The second kappa shape index (κ2) is 5.88. The maximum absolute atomic E-state index is 12.0. The zero-order chi connectivity index (χ0) is 13.9. The largest absolute Gasteiger partial charge is 0.441 e. The molecule has 1 aromatic carbocycles. The molecule has 1 heterocycles. The van der Waals surface area contributed by atoms with E-state index in [2.05, 4.69) is 10.3 Å². The Morgan fingerprint density at radius 1 is 1.26 bits per heavy atom. The maximum atomic E-state index is 12.0. The molecule has 0 bridgehead atoms. The van der Waals surface area contributed by atoms with Crippen LogP contribution in [0.2, 0.25) is 5.02 Å². The van der Waals surface area contributed by atoms with Crippen molar-refractivity contribution >= 4 is 40.0 Å². The number of halogens is 4. The summed E-state index contributed by atoms with van der Waals surface area (Å²) >= 11 is 5.82. The van der Waals surface area contributed by atoms with Crippen molar-refractivity contribution in [3.05, 3.63) is 35.5 Å². The summed E-state index contributed by atoms with van der Waals surface area (Å²) < 4.78 is 36.0. The molecule has 0 atom stereocenters. The van der Waals surface area contributed by atoms with E-state index >= 15 is 0 Å². The highest BCUT2D eigenvalue weighted by molar-refractivity contribution is 8.00. The van der Waals surface area contributed by atoms with Crippen LogP contribution in [0.15, 0.2) is 30.5 Å². The smallest absolute Gasteiger partial charge is 0.384 e. The maximum Gasteiger partial charge on any atom is 0.441 e. The van der Waals surface area contributed by atoms with Crippen LogP contribution in [0.5, 0.6) is 0 Å². The molecule has 0 aliphatic carbocycles. The van der Waals surface area contributed by atoms with E-state index in [4.69, 9.17) is 11.6 Å². The zero-order valence-corrected chi connectivity index (χ0v) is 11.2. The van der Waals surface area contributed by atoms with E-state index in [1.165, 1.54) is 0 Å². The number of anilines is 1. The first-order chi connectivity index (χ1) is 8.96. The summed E-state index contributed by atoms with van der Waals surface area (Å²) in [6.07, 6.45) is 1.60. The zero-order valence-electron chi connectivity index (χ0n) is 9.67. The minimum absolute atomic E-state index is 0.0386. The van der Waals surface area contributed by atoms with Gasteiger partial charge in [0.1, 0.15) is 0 Å². The third-order valence-corrected chi connectivity index (χ3v) is 3.36. The Kier molecular flexibility index (Phi) is 4.42. The number of alkyl halides is 3. The number of nitrogens with one attached hydrogen (secondary N) is 1. The summed E-state index contributed by atoms with van der Waals surface area (Å²) in [7, 11) is 0. The van der Waals surface area contributed by atoms with Crippen molar-refractivity contribution in [2.45, 2.75) is 5.51 Å². The number of pyridine rings is 1. The topological polar surface area (TPSA) is 24.9 Å². The quantitative estimate of drug-likeness (QED) is 0.839. The van der Waals surface area contributed by atoms with Gasteiger partial charge in [-0.1, -0.05) is 11.6 Å². The van der Waals surface area contributed by atoms with Gasteiger partial charge in [0.2, 0.25) is 0 Å². The first-order valence-corrected chi connectivity index (χ1v) is 6.81. The average Bonchev–Trinajstić information content (AvgIpc) is 2.33. The number of thioether (sulfide) groups is 1. The highest BCUT2D eigenvalue weighted by atomic mass is 35.5. The average molecular weight is 307 g/mol. The van der Waals surface area contributed by atoms with Gasteiger partial charge >= 0.3 is 5.51 Å². The molecule has 2 rings (SSSR count). The Labute approximate surface area is 117 Å². The summed E-state index contributed by atoms with van der Waals surface area (Å²) in [6.45, 7) is 0.228.